The molecule has 2 rings (SSSR count). The number of rotatable bonds is 5. The minimum absolute atomic E-state index is 0.198. The van der Waals surface area contributed by atoms with Gasteiger partial charge in [-0.2, -0.15) is 0 Å². The van der Waals surface area contributed by atoms with Gasteiger partial charge in [-0.1, -0.05) is 0 Å². The number of amides is 2. The summed E-state index contributed by atoms with van der Waals surface area (Å²) in [7, 11) is 3.58. The molecule has 6 nitrogen and oxygen atoms in total. The summed E-state index contributed by atoms with van der Waals surface area (Å²) in [6.07, 6.45) is 0. The molecule has 0 fully saturated rings. The van der Waals surface area contributed by atoms with Crippen molar-refractivity contribution in [2.45, 2.75) is 6.92 Å². The monoisotopic (exact) mass is 348 g/mol. The van der Waals surface area contributed by atoms with E-state index in [-0.39, 0.29) is 12.1 Å². The summed E-state index contributed by atoms with van der Waals surface area (Å²) in [6, 6.07) is 5.90. The number of carbonyl (C=O) groups is 2. The zero-order chi connectivity index (χ0) is 18.6. The predicted molar refractivity (Wildman–Crippen MR) is 90.6 cm³/mol. The Kier molecular flexibility index (Phi) is 5.63. The van der Waals surface area contributed by atoms with Crippen LogP contribution in [-0.2, 0) is 4.79 Å². The Morgan fingerprint density at radius 1 is 1.12 bits per heavy atom. The highest BCUT2D eigenvalue weighted by molar-refractivity contribution is 6.00. The van der Waals surface area contributed by atoms with Crippen molar-refractivity contribution in [1.29, 1.82) is 0 Å². The molecule has 0 aliphatic heterocycles. The topological polar surface area (TPSA) is 74.3 Å². The van der Waals surface area contributed by atoms with E-state index in [1.54, 1.807) is 31.1 Å². The molecular formula is C17H18F2N4O2. The first kappa shape index (κ1) is 18.3. The molecular weight excluding hydrogens is 330 g/mol. The van der Waals surface area contributed by atoms with Crippen LogP contribution >= 0.6 is 0 Å². The minimum atomic E-state index is -0.865. The van der Waals surface area contributed by atoms with E-state index >= 15 is 0 Å². The van der Waals surface area contributed by atoms with Gasteiger partial charge >= 0.3 is 0 Å². The first-order valence-corrected chi connectivity index (χ1v) is 7.45. The normalized spacial score (nSPS) is 10.3. The zero-order valence-electron chi connectivity index (χ0n) is 14.1. The van der Waals surface area contributed by atoms with Crippen LogP contribution in [-0.4, -0.2) is 37.4 Å². The van der Waals surface area contributed by atoms with E-state index in [4.69, 9.17) is 0 Å². The van der Waals surface area contributed by atoms with Gasteiger partial charge in [-0.25, -0.2) is 13.8 Å². The van der Waals surface area contributed by atoms with Crippen LogP contribution in [0, 0.1) is 18.6 Å². The van der Waals surface area contributed by atoms with Gasteiger partial charge in [-0.15, -0.1) is 0 Å². The SMILES string of the molecule is Cc1ccc(NC(=O)CNC(=O)c2cc(F)cc(F)c2)c(N(C)C)n1. The van der Waals surface area contributed by atoms with E-state index in [2.05, 4.69) is 15.6 Å². The second kappa shape index (κ2) is 7.69. The Morgan fingerprint density at radius 2 is 1.76 bits per heavy atom. The lowest BCUT2D eigenvalue weighted by molar-refractivity contribution is -0.115. The smallest absolute Gasteiger partial charge is 0.251 e. The molecule has 0 aliphatic rings. The molecule has 0 spiro atoms. The van der Waals surface area contributed by atoms with Gasteiger partial charge in [0.2, 0.25) is 5.91 Å². The number of anilines is 2. The molecule has 0 saturated carbocycles. The highest BCUT2D eigenvalue weighted by Crippen LogP contribution is 2.21. The third-order valence-electron chi connectivity index (χ3n) is 3.25. The van der Waals surface area contributed by atoms with Crippen LogP contribution in [0.2, 0.25) is 0 Å². The average Bonchev–Trinajstić information content (AvgIpc) is 2.53. The number of benzene rings is 1. The number of hydrogen-bond donors (Lipinski definition) is 2. The molecule has 0 radical (unpaired) electrons. The molecule has 25 heavy (non-hydrogen) atoms. The Labute approximate surface area is 143 Å². The number of pyridine rings is 1. The highest BCUT2D eigenvalue weighted by atomic mass is 19.1. The summed E-state index contributed by atoms with van der Waals surface area (Å²) in [4.78, 5) is 30.0. The van der Waals surface area contributed by atoms with Crippen molar-refractivity contribution in [2.75, 3.05) is 30.9 Å². The first-order valence-electron chi connectivity index (χ1n) is 7.45. The van der Waals surface area contributed by atoms with Crippen LogP contribution in [0.4, 0.5) is 20.3 Å². The fourth-order valence-electron chi connectivity index (χ4n) is 2.12. The van der Waals surface area contributed by atoms with Gasteiger partial charge in [0.05, 0.1) is 12.2 Å². The number of hydrogen-bond acceptors (Lipinski definition) is 4. The van der Waals surface area contributed by atoms with Gasteiger partial charge in [0.15, 0.2) is 5.82 Å². The van der Waals surface area contributed by atoms with E-state index in [0.29, 0.717) is 17.6 Å². The number of aromatic nitrogens is 1. The van der Waals surface area contributed by atoms with Crippen LogP contribution in [0.1, 0.15) is 16.1 Å². The third-order valence-corrected chi connectivity index (χ3v) is 3.25. The quantitative estimate of drug-likeness (QED) is 0.868. The molecule has 2 N–H and O–H groups in total. The molecule has 1 aromatic carbocycles. The van der Waals surface area contributed by atoms with Crippen LogP contribution in [0.15, 0.2) is 30.3 Å². The van der Waals surface area contributed by atoms with Crippen molar-refractivity contribution in [3.63, 3.8) is 0 Å². The maximum Gasteiger partial charge on any atom is 0.251 e. The van der Waals surface area contributed by atoms with Crippen molar-refractivity contribution in [1.82, 2.24) is 10.3 Å². The summed E-state index contributed by atoms with van der Waals surface area (Å²) in [5.41, 5.74) is 1.09. The number of nitrogens with one attached hydrogen (secondary N) is 2. The molecule has 1 heterocycles. The molecule has 2 amide bonds. The maximum atomic E-state index is 13.1. The van der Waals surface area contributed by atoms with E-state index in [0.717, 1.165) is 17.8 Å². The molecule has 0 atom stereocenters. The minimum Gasteiger partial charge on any atom is -0.361 e. The summed E-state index contributed by atoms with van der Waals surface area (Å²) in [6.45, 7) is 1.48. The Morgan fingerprint density at radius 3 is 2.36 bits per heavy atom. The van der Waals surface area contributed by atoms with Gasteiger partial charge < -0.3 is 15.5 Å². The largest absolute Gasteiger partial charge is 0.361 e. The summed E-state index contributed by atoms with van der Waals surface area (Å²) in [5.74, 6) is -2.39. The molecule has 132 valence electrons. The van der Waals surface area contributed by atoms with E-state index in [1.807, 2.05) is 6.92 Å². The molecule has 0 bridgehead atoms. The second-order valence-corrected chi connectivity index (χ2v) is 5.61. The lowest BCUT2D eigenvalue weighted by Crippen LogP contribution is -2.33. The Hall–Kier alpha value is -3.03. The third kappa shape index (κ3) is 4.97. The molecule has 1 aromatic heterocycles. The zero-order valence-corrected chi connectivity index (χ0v) is 14.1. The summed E-state index contributed by atoms with van der Waals surface area (Å²) < 4.78 is 26.2. The first-order chi connectivity index (χ1) is 11.8. The van der Waals surface area contributed by atoms with Crippen molar-refractivity contribution < 1.29 is 18.4 Å². The number of nitrogens with zero attached hydrogens (tertiary/aromatic N) is 2. The van der Waals surface area contributed by atoms with Crippen LogP contribution in [0.5, 0.6) is 0 Å². The lowest BCUT2D eigenvalue weighted by atomic mass is 10.2. The fourth-order valence-corrected chi connectivity index (χ4v) is 2.12. The maximum absolute atomic E-state index is 13.1. The molecule has 0 saturated heterocycles. The summed E-state index contributed by atoms with van der Waals surface area (Å²) in [5, 5.41) is 4.96. The van der Waals surface area contributed by atoms with Gasteiger partial charge in [-0.3, -0.25) is 9.59 Å². The Bertz CT molecular complexity index is 789. The van der Waals surface area contributed by atoms with Gasteiger partial charge in [0.25, 0.3) is 5.91 Å². The van der Waals surface area contributed by atoms with Crippen LogP contribution < -0.4 is 15.5 Å². The summed E-state index contributed by atoms with van der Waals surface area (Å²) >= 11 is 0. The van der Waals surface area contributed by atoms with E-state index in [1.165, 1.54) is 0 Å². The fraction of sp³-hybridized carbons (Fsp3) is 0.235. The molecule has 0 aliphatic carbocycles. The van der Waals surface area contributed by atoms with Crippen molar-refractivity contribution in [3.8, 4) is 0 Å². The lowest BCUT2D eigenvalue weighted by Gasteiger charge is -2.17. The number of aryl methyl sites for hydroxylation is 1. The van der Waals surface area contributed by atoms with Crippen LogP contribution in [0.3, 0.4) is 0 Å². The molecule has 8 heteroatoms. The Balaban J connectivity index is 2.00. The predicted octanol–water partition coefficient (Wildman–Crippen LogP) is 2.10. The van der Waals surface area contributed by atoms with Gasteiger partial charge in [0, 0.05) is 31.4 Å². The highest BCUT2D eigenvalue weighted by Gasteiger charge is 2.13. The van der Waals surface area contributed by atoms with E-state index in [9.17, 15) is 18.4 Å². The molecule has 2 aromatic rings. The molecule has 0 unspecified atom stereocenters. The number of carbonyl (C=O) groups excluding carboxylic acids is 2. The average molecular weight is 348 g/mol. The van der Waals surface area contributed by atoms with E-state index < -0.39 is 23.4 Å². The van der Waals surface area contributed by atoms with Gasteiger partial charge in [0.1, 0.15) is 11.6 Å². The van der Waals surface area contributed by atoms with Gasteiger partial charge in [-0.05, 0) is 31.2 Å². The van der Waals surface area contributed by atoms with Crippen molar-refractivity contribution >= 4 is 23.3 Å². The van der Waals surface area contributed by atoms with Crippen molar-refractivity contribution in [3.05, 3.63) is 53.2 Å². The number of halogens is 2. The standard InChI is InChI=1S/C17H18F2N4O2/c1-10-4-5-14(16(21-10)23(2)3)22-15(24)9-20-17(25)11-6-12(18)8-13(19)7-11/h4-8H,9H2,1-3H3,(H,20,25)(H,22,24). The van der Waals surface area contributed by atoms with Crippen molar-refractivity contribution in [2.24, 2.45) is 0 Å². The van der Waals surface area contributed by atoms with Crippen LogP contribution in [0.25, 0.3) is 0 Å². The second-order valence-electron chi connectivity index (χ2n) is 5.61.